The summed E-state index contributed by atoms with van der Waals surface area (Å²) in [5.41, 5.74) is 0.280. The Bertz CT molecular complexity index is 422. The van der Waals surface area contributed by atoms with Crippen LogP contribution in [-0.4, -0.2) is 19.6 Å². The molecule has 108 valence electrons. The summed E-state index contributed by atoms with van der Waals surface area (Å²) in [6.45, 7) is 5.12. The first-order valence-electron chi connectivity index (χ1n) is 5.91. The molecule has 0 aliphatic rings. The van der Waals surface area contributed by atoms with Crippen molar-refractivity contribution in [3.8, 4) is 0 Å². The molecule has 3 nitrogen and oxygen atoms in total. The third-order valence-corrected chi connectivity index (χ3v) is 2.36. The van der Waals surface area contributed by atoms with Crippen LogP contribution < -0.4 is 10.6 Å². The average Bonchev–Trinajstić information content (AvgIpc) is 2.33. The molecule has 1 aromatic carbocycles. The van der Waals surface area contributed by atoms with Crippen LogP contribution in [0.1, 0.15) is 19.4 Å². The summed E-state index contributed by atoms with van der Waals surface area (Å²) >= 11 is 0. The molecular weight excluding hydrogens is 363 g/mol. The maximum atomic E-state index is 13.4. The molecule has 0 heterocycles. The summed E-state index contributed by atoms with van der Waals surface area (Å²) in [4.78, 5) is 4.01. The molecule has 1 rings (SSSR count). The van der Waals surface area contributed by atoms with Gasteiger partial charge in [-0.2, -0.15) is 0 Å². The molecule has 0 radical (unpaired) electrons. The topological polar surface area (TPSA) is 36.4 Å². The van der Waals surface area contributed by atoms with Crippen LogP contribution in [0.5, 0.6) is 0 Å². The number of nitrogens with zero attached hydrogens (tertiary/aromatic N) is 1. The fourth-order valence-corrected chi connectivity index (χ4v) is 1.38. The number of benzene rings is 1. The number of halogens is 3. The lowest BCUT2D eigenvalue weighted by molar-refractivity contribution is 0.578. The van der Waals surface area contributed by atoms with Crippen molar-refractivity contribution in [3.63, 3.8) is 0 Å². The minimum atomic E-state index is -0.446. The van der Waals surface area contributed by atoms with E-state index in [1.165, 1.54) is 6.07 Å². The minimum absolute atomic E-state index is 0. The molecule has 0 amide bonds. The van der Waals surface area contributed by atoms with Crippen molar-refractivity contribution in [1.82, 2.24) is 10.6 Å². The Morgan fingerprint density at radius 3 is 2.53 bits per heavy atom. The molecular formula is C13H20F2IN3. The zero-order valence-corrected chi connectivity index (χ0v) is 13.7. The molecule has 19 heavy (non-hydrogen) atoms. The predicted octanol–water partition coefficient (Wildman–Crippen LogP) is 2.90. The summed E-state index contributed by atoms with van der Waals surface area (Å²) in [5, 5.41) is 6.04. The van der Waals surface area contributed by atoms with Crippen molar-refractivity contribution in [3.05, 3.63) is 35.4 Å². The zero-order chi connectivity index (χ0) is 13.5. The van der Waals surface area contributed by atoms with Gasteiger partial charge in [0.05, 0.1) is 0 Å². The molecule has 0 unspecified atom stereocenters. The molecule has 1 aromatic rings. The Morgan fingerprint density at radius 1 is 1.26 bits per heavy atom. The molecule has 0 aliphatic carbocycles. The van der Waals surface area contributed by atoms with Crippen molar-refractivity contribution >= 4 is 29.9 Å². The summed E-state index contributed by atoms with van der Waals surface area (Å²) in [5.74, 6) is 0.184. The first-order chi connectivity index (χ1) is 8.52. The first-order valence-corrected chi connectivity index (χ1v) is 5.91. The van der Waals surface area contributed by atoms with Gasteiger partial charge in [-0.3, -0.25) is 4.99 Å². The van der Waals surface area contributed by atoms with E-state index >= 15 is 0 Å². The van der Waals surface area contributed by atoms with Crippen LogP contribution in [0.2, 0.25) is 0 Å². The van der Waals surface area contributed by atoms with Gasteiger partial charge in [-0.1, -0.05) is 13.8 Å². The van der Waals surface area contributed by atoms with E-state index in [-0.39, 0.29) is 36.1 Å². The monoisotopic (exact) mass is 383 g/mol. The minimum Gasteiger partial charge on any atom is -0.356 e. The molecule has 0 aromatic heterocycles. The summed E-state index contributed by atoms with van der Waals surface area (Å²) < 4.78 is 26.3. The maximum Gasteiger partial charge on any atom is 0.191 e. The molecule has 0 saturated heterocycles. The first kappa shape index (κ1) is 18.1. The van der Waals surface area contributed by atoms with E-state index in [4.69, 9.17) is 0 Å². The third kappa shape index (κ3) is 6.70. The Labute approximate surface area is 129 Å². The van der Waals surface area contributed by atoms with E-state index in [9.17, 15) is 8.78 Å². The van der Waals surface area contributed by atoms with Crippen LogP contribution in [-0.2, 0) is 6.54 Å². The smallest absolute Gasteiger partial charge is 0.191 e. The Hall–Kier alpha value is -0.920. The number of hydrogen-bond donors (Lipinski definition) is 2. The standard InChI is InChI=1S/C13H19F2N3.HI/c1-9(2)7-17-13(16-3)18-8-10-6-11(14)4-5-12(10)15;/h4-6,9H,7-8H2,1-3H3,(H2,16,17,18);1H. The lowest BCUT2D eigenvalue weighted by Crippen LogP contribution is -2.38. The van der Waals surface area contributed by atoms with Crippen LogP contribution in [0.25, 0.3) is 0 Å². The Morgan fingerprint density at radius 2 is 1.95 bits per heavy atom. The summed E-state index contributed by atoms with van der Waals surface area (Å²) in [6.07, 6.45) is 0. The second-order valence-electron chi connectivity index (χ2n) is 4.44. The van der Waals surface area contributed by atoms with E-state index in [1.807, 2.05) is 0 Å². The van der Waals surface area contributed by atoms with Gasteiger partial charge in [0.2, 0.25) is 0 Å². The van der Waals surface area contributed by atoms with Crippen molar-refractivity contribution in [2.24, 2.45) is 10.9 Å². The SMILES string of the molecule is CN=C(NCc1cc(F)ccc1F)NCC(C)C.I. The van der Waals surface area contributed by atoms with Crippen molar-refractivity contribution in [1.29, 1.82) is 0 Å². The van der Waals surface area contributed by atoms with Crippen LogP contribution in [0.3, 0.4) is 0 Å². The van der Waals surface area contributed by atoms with E-state index in [0.29, 0.717) is 11.9 Å². The number of hydrogen-bond acceptors (Lipinski definition) is 1. The number of guanidine groups is 1. The highest BCUT2D eigenvalue weighted by Crippen LogP contribution is 2.08. The highest BCUT2D eigenvalue weighted by molar-refractivity contribution is 14.0. The quantitative estimate of drug-likeness (QED) is 0.477. The van der Waals surface area contributed by atoms with Gasteiger partial charge < -0.3 is 10.6 Å². The fraction of sp³-hybridized carbons (Fsp3) is 0.462. The van der Waals surface area contributed by atoms with Crippen LogP contribution in [0.4, 0.5) is 8.78 Å². The highest BCUT2D eigenvalue weighted by atomic mass is 127. The molecule has 0 spiro atoms. The van der Waals surface area contributed by atoms with Crippen LogP contribution in [0, 0.1) is 17.6 Å². The number of aliphatic imine (C=N–C) groups is 1. The average molecular weight is 383 g/mol. The van der Waals surface area contributed by atoms with Crippen molar-refractivity contribution < 1.29 is 8.78 Å². The molecule has 0 atom stereocenters. The molecule has 0 bridgehead atoms. The second-order valence-corrected chi connectivity index (χ2v) is 4.44. The Balaban J connectivity index is 0.00000324. The van der Waals surface area contributed by atoms with E-state index in [0.717, 1.165) is 18.7 Å². The largest absolute Gasteiger partial charge is 0.356 e. The van der Waals surface area contributed by atoms with Crippen LogP contribution >= 0.6 is 24.0 Å². The van der Waals surface area contributed by atoms with Gasteiger partial charge in [-0.25, -0.2) is 8.78 Å². The van der Waals surface area contributed by atoms with E-state index in [1.54, 1.807) is 7.05 Å². The summed E-state index contributed by atoms with van der Waals surface area (Å²) in [6, 6.07) is 3.40. The lowest BCUT2D eigenvalue weighted by atomic mass is 10.2. The normalized spacial score (nSPS) is 11.2. The van der Waals surface area contributed by atoms with Gasteiger partial charge in [0.15, 0.2) is 5.96 Å². The highest BCUT2D eigenvalue weighted by Gasteiger charge is 2.05. The molecule has 2 N–H and O–H groups in total. The van der Waals surface area contributed by atoms with Gasteiger partial charge in [-0.15, -0.1) is 24.0 Å². The fourth-order valence-electron chi connectivity index (χ4n) is 1.38. The van der Waals surface area contributed by atoms with Gasteiger partial charge in [0.1, 0.15) is 11.6 Å². The van der Waals surface area contributed by atoms with E-state index < -0.39 is 11.6 Å². The van der Waals surface area contributed by atoms with Crippen molar-refractivity contribution in [2.75, 3.05) is 13.6 Å². The van der Waals surface area contributed by atoms with Gasteiger partial charge in [0, 0.05) is 25.7 Å². The lowest BCUT2D eigenvalue weighted by Gasteiger charge is -2.13. The zero-order valence-electron chi connectivity index (χ0n) is 11.3. The maximum absolute atomic E-state index is 13.4. The summed E-state index contributed by atoms with van der Waals surface area (Å²) in [7, 11) is 1.64. The molecule has 6 heteroatoms. The van der Waals surface area contributed by atoms with E-state index in [2.05, 4.69) is 29.5 Å². The van der Waals surface area contributed by atoms with Gasteiger partial charge in [-0.05, 0) is 24.1 Å². The van der Waals surface area contributed by atoms with Gasteiger partial charge in [0.25, 0.3) is 0 Å². The molecule has 0 aliphatic heterocycles. The molecule has 0 fully saturated rings. The second kappa shape index (κ2) is 9.06. The third-order valence-electron chi connectivity index (χ3n) is 2.36. The van der Waals surface area contributed by atoms with Crippen LogP contribution in [0.15, 0.2) is 23.2 Å². The molecule has 0 saturated carbocycles. The van der Waals surface area contributed by atoms with Gasteiger partial charge >= 0.3 is 0 Å². The number of rotatable bonds is 4. The predicted molar refractivity (Wildman–Crippen MR) is 84.8 cm³/mol. The Kier molecular flexibility index (Phi) is 8.62. The van der Waals surface area contributed by atoms with Crippen molar-refractivity contribution in [2.45, 2.75) is 20.4 Å². The number of nitrogens with one attached hydrogen (secondary N) is 2.